The molecular weight excluding hydrogens is 955 g/mol. The maximum atomic E-state index is 14.5. The summed E-state index contributed by atoms with van der Waals surface area (Å²) in [5.74, 6) is -1.19. The molecule has 3 N–H and O–H groups in total. The van der Waals surface area contributed by atoms with Crippen LogP contribution in [-0.4, -0.2) is 125 Å². The number of esters is 1. The second-order valence-electron chi connectivity index (χ2n) is 18.1. The minimum absolute atomic E-state index is 0.0294. The summed E-state index contributed by atoms with van der Waals surface area (Å²) in [6, 6.07) is 19.2. The molecule has 0 spiro atoms. The fraction of sp³-hybridized carbons (Fsp3) is 0.436. The summed E-state index contributed by atoms with van der Waals surface area (Å²) < 4.78 is 40.1. The average Bonchev–Trinajstić information content (AvgIpc) is 3.68. The number of nitrogens with one attached hydrogen (secondary N) is 3. The predicted octanol–water partition coefficient (Wildman–Crippen LogP) is 6.31. The summed E-state index contributed by atoms with van der Waals surface area (Å²) in [4.78, 5) is 95.4. The molecule has 0 aromatic heterocycles. The molecule has 4 atom stereocenters. The predicted molar refractivity (Wildman–Crippen MR) is 271 cm³/mol. The number of carbonyl (C=O) groups excluding carboxylic acids is 7. The van der Waals surface area contributed by atoms with Crippen LogP contribution in [0.25, 0.3) is 0 Å². The van der Waals surface area contributed by atoms with E-state index in [0.717, 1.165) is 23.3 Å². The zero-order chi connectivity index (χ0) is 52.9. The molecule has 2 fully saturated rings. The minimum atomic E-state index is -1.06. The van der Waals surface area contributed by atoms with Crippen LogP contribution in [0.3, 0.4) is 0 Å². The number of anilines is 1. The summed E-state index contributed by atoms with van der Waals surface area (Å²) in [5, 5.41) is 8.28. The van der Waals surface area contributed by atoms with Crippen molar-refractivity contribution in [1.29, 1.82) is 0 Å². The number of nitrogens with zero attached hydrogens (tertiary/aromatic N) is 2. The third-order valence-electron chi connectivity index (χ3n) is 13.6. The molecule has 2 saturated heterocycles. The SMILES string of the molecule is CC[C@H](C(=O)N1CCCC[C@H]1C(=O)O[C@H](CCc1ccc(OC)c(OC)c1)c1cccc(OCC(=O)NCCCCNc2cccc3c2C(=O)N(C2CCC(=O)NC2=O)C3=O)c1)c1cc(OC)c(OC)c(OC)c1. The molecular formula is C55H65N5O14. The van der Waals surface area contributed by atoms with E-state index in [2.05, 4.69) is 16.0 Å². The van der Waals surface area contributed by atoms with E-state index in [1.54, 1.807) is 61.6 Å². The highest BCUT2D eigenvalue weighted by Crippen LogP contribution is 2.42. The number of benzene rings is 4. The molecule has 19 nitrogen and oxygen atoms in total. The van der Waals surface area contributed by atoms with E-state index in [0.29, 0.717) is 109 Å². The van der Waals surface area contributed by atoms with E-state index in [1.165, 1.54) is 27.4 Å². The number of unbranched alkanes of at least 4 members (excludes halogenated alkanes) is 1. The Morgan fingerprint density at radius 2 is 1.49 bits per heavy atom. The van der Waals surface area contributed by atoms with Gasteiger partial charge in [0.1, 0.15) is 23.9 Å². The number of likely N-dealkylation sites (tertiary alicyclic amines) is 1. The largest absolute Gasteiger partial charge is 0.493 e. The molecule has 19 heteroatoms. The molecule has 3 heterocycles. The molecule has 74 heavy (non-hydrogen) atoms. The number of hydrogen-bond donors (Lipinski definition) is 3. The van der Waals surface area contributed by atoms with Crippen molar-refractivity contribution in [1.82, 2.24) is 20.4 Å². The zero-order valence-electron chi connectivity index (χ0n) is 42.7. The van der Waals surface area contributed by atoms with Crippen molar-refractivity contribution in [2.45, 2.75) is 95.2 Å². The van der Waals surface area contributed by atoms with Crippen LogP contribution in [-0.2, 0) is 35.1 Å². The fourth-order valence-corrected chi connectivity index (χ4v) is 9.71. The van der Waals surface area contributed by atoms with Crippen molar-refractivity contribution >= 4 is 47.1 Å². The van der Waals surface area contributed by atoms with Crippen molar-refractivity contribution in [3.8, 4) is 34.5 Å². The first kappa shape index (κ1) is 54.0. The van der Waals surface area contributed by atoms with Crippen LogP contribution in [0.15, 0.2) is 72.8 Å². The molecule has 394 valence electrons. The first-order valence-electron chi connectivity index (χ1n) is 24.9. The Hall–Kier alpha value is -7.83. The summed E-state index contributed by atoms with van der Waals surface area (Å²) in [6.07, 6.45) is 3.72. The van der Waals surface area contributed by atoms with Gasteiger partial charge in [0.2, 0.25) is 23.5 Å². The van der Waals surface area contributed by atoms with Crippen molar-refractivity contribution in [2.75, 3.05) is 67.1 Å². The molecule has 0 saturated carbocycles. The molecule has 4 aromatic carbocycles. The van der Waals surface area contributed by atoms with Crippen LogP contribution in [0.5, 0.6) is 34.5 Å². The Bertz CT molecular complexity index is 2700. The number of amides is 6. The Labute approximate surface area is 430 Å². The molecule has 4 aromatic rings. The first-order valence-corrected chi connectivity index (χ1v) is 24.9. The molecule has 3 aliphatic rings. The third kappa shape index (κ3) is 12.3. The highest BCUT2D eigenvalue weighted by Gasteiger charge is 2.46. The highest BCUT2D eigenvalue weighted by atomic mass is 16.5. The van der Waals surface area contributed by atoms with E-state index in [4.69, 9.17) is 33.2 Å². The number of aryl methyl sites for hydroxylation is 1. The zero-order valence-corrected chi connectivity index (χ0v) is 42.7. The summed E-state index contributed by atoms with van der Waals surface area (Å²) in [6.45, 7) is 2.79. The van der Waals surface area contributed by atoms with Gasteiger partial charge < -0.3 is 48.7 Å². The van der Waals surface area contributed by atoms with E-state index >= 15 is 0 Å². The van der Waals surface area contributed by atoms with Crippen LogP contribution >= 0.6 is 0 Å². The van der Waals surface area contributed by atoms with Gasteiger partial charge in [-0.2, -0.15) is 0 Å². The smallest absolute Gasteiger partial charge is 0.329 e. The Morgan fingerprint density at radius 1 is 0.757 bits per heavy atom. The van der Waals surface area contributed by atoms with E-state index in [1.807, 2.05) is 31.2 Å². The average molecular weight is 1020 g/mol. The molecule has 6 amide bonds. The van der Waals surface area contributed by atoms with Gasteiger partial charge in [-0.1, -0.05) is 31.2 Å². The molecule has 0 bridgehead atoms. The Morgan fingerprint density at radius 3 is 2.19 bits per heavy atom. The number of methoxy groups -OCH3 is 5. The lowest BCUT2D eigenvalue weighted by molar-refractivity contribution is -0.162. The van der Waals surface area contributed by atoms with Gasteiger partial charge in [0, 0.05) is 31.7 Å². The van der Waals surface area contributed by atoms with Crippen LogP contribution in [0.1, 0.15) is 114 Å². The maximum absolute atomic E-state index is 14.5. The second kappa shape index (κ2) is 25.2. The van der Waals surface area contributed by atoms with Gasteiger partial charge in [-0.05, 0) is 123 Å². The van der Waals surface area contributed by atoms with Gasteiger partial charge in [0.15, 0.2) is 29.6 Å². The van der Waals surface area contributed by atoms with Gasteiger partial charge in [-0.15, -0.1) is 0 Å². The van der Waals surface area contributed by atoms with Crippen molar-refractivity contribution in [3.63, 3.8) is 0 Å². The Balaban J connectivity index is 0.969. The van der Waals surface area contributed by atoms with Gasteiger partial charge in [-0.25, -0.2) is 4.79 Å². The quantitative estimate of drug-likeness (QED) is 0.0397. The summed E-state index contributed by atoms with van der Waals surface area (Å²) >= 11 is 0. The first-order chi connectivity index (χ1) is 35.8. The number of rotatable bonds is 24. The van der Waals surface area contributed by atoms with Gasteiger partial charge >= 0.3 is 5.97 Å². The molecule has 7 rings (SSSR count). The van der Waals surface area contributed by atoms with Gasteiger partial charge in [0.05, 0.1) is 52.6 Å². The lowest BCUT2D eigenvalue weighted by Crippen LogP contribution is -2.54. The summed E-state index contributed by atoms with van der Waals surface area (Å²) in [5.41, 5.74) is 3.05. The lowest BCUT2D eigenvalue weighted by Gasteiger charge is -2.37. The van der Waals surface area contributed by atoms with Gasteiger partial charge in [0.25, 0.3) is 17.7 Å². The van der Waals surface area contributed by atoms with Crippen LogP contribution in [0, 0.1) is 0 Å². The number of piperidine rings is 2. The molecule has 3 aliphatic heterocycles. The number of hydrogen-bond acceptors (Lipinski definition) is 15. The number of carbonyl (C=O) groups is 7. The number of imide groups is 2. The monoisotopic (exact) mass is 1020 g/mol. The molecule has 0 radical (unpaired) electrons. The minimum Gasteiger partial charge on any atom is -0.493 e. The molecule has 1 unspecified atom stereocenters. The highest BCUT2D eigenvalue weighted by molar-refractivity contribution is 6.25. The summed E-state index contributed by atoms with van der Waals surface area (Å²) in [7, 11) is 7.68. The number of ether oxygens (including phenoxy) is 7. The van der Waals surface area contributed by atoms with E-state index in [9.17, 15) is 33.6 Å². The topological polar surface area (TPSA) is 227 Å². The van der Waals surface area contributed by atoms with Crippen LogP contribution in [0.4, 0.5) is 5.69 Å². The standard InChI is InChI=1S/C55H65N5O14/c1-7-37(35-30-45(70-4)50(72-6)46(31-35)71-5)52(64)59-27-11-8-18-41(59)55(67)74-42(22-19-33-20-23-43(68-2)44(28-33)69-3)34-14-12-15-36(29-34)73-32-48(62)57-26-10-9-25-56-39-17-13-16-38-49(39)54(66)60(53(38)65)40-21-24-47(61)58-51(40)63/h12-17,20,23,28-31,37,40-42,56H,7-11,18-19,21-22,24-27,32H2,1-6H3,(H,57,62)(H,58,61,63)/t37-,40?,41-,42+/m0/s1. The van der Waals surface area contributed by atoms with Gasteiger partial charge in [-0.3, -0.25) is 39.0 Å². The fourth-order valence-electron chi connectivity index (χ4n) is 9.71. The van der Waals surface area contributed by atoms with E-state index < -0.39 is 53.7 Å². The van der Waals surface area contributed by atoms with Crippen molar-refractivity contribution < 1.29 is 66.7 Å². The molecule has 0 aliphatic carbocycles. The lowest BCUT2D eigenvalue weighted by atomic mass is 9.91. The van der Waals surface area contributed by atoms with Crippen molar-refractivity contribution in [2.24, 2.45) is 0 Å². The number of fused-ring (bicyclic) bond motifs is 1. The maximum Gasteiger partial charge on any atom is 0.329 e. The second-order valence-corrected chi connectivity index (χ2v) is 18.1. The van der Waals surface area contributed by atoms with Crippen LogP contribution in [0.2, 0.25) is 0 Å². The van der Waals surface area contributed by atoms with E-state index in [-0.39, 0.29) is 42.4 Å². The van der Waals surface area contributed by atoms with Crippen LogP contribution < -0.4 is 44.4 Å². The Kier molecular flexibility index (Phi) is 18.4. The third-order valence-corrected chi connectivity index (χ3v) is 13.6. The normalized spacial score (nSPS) is 17.1. The van der Waals surface area contributed by atoms with Crippen molar-refractivity contribution in [3.05, 3.63) is 101 Å².